The molecule has 0 bridgehead atoms. The molecule has 1 aromatic rings. The van der Waals surface area contributed by atoms with Crippen LogP contribution in [0.25, 0.3) is 0 Å². The van der Waals surface area contributed by atoms with E-state index in [0.717, 1.165) is 26.1 Å². The third kappa shape index (κ3) is 4.01. The Morgan fingerprint density at radius 3 is 2.76 bits per heavy atom. The number of hydrogen-bond acceptors (Lipinski definition) is 5. The molecule has 1 aliphatic heterocycles. The van der Waals surface area contributed by atoms with E-state index in [1.54, 1.807) is 11.0 Å². The Morgan fingerprint density at radius 1 is 1.48 bits per heavy atom. The van der Waals surface area contributed by atoms with E-state index < -0.39 is 0 Å². The van der Waals surface area contributed by atoms with Crippen LogP contribution in [-0.4, -0.2) is 65.0 Å². The number of hydrogen-bond donors (Lipinski definition) is 1. The normalized spacial score (nSPS) is 19.4. The van der Waals surface area contributed by atoms with Crippen LogP contribution in [0.3, 0.4) is 0 Å². The van der Waals surface area contributed by atoms with Gasteiger partial charge in [0.2, 0.25) is 5.91 Å². The van der Waals surface area contributed by atoms with Gasteiger partial charge in [0.25, 0.3) is 0 Å². The lowest BCUT2D eigenvalue weighted by Gasteiger charge is -2.43. The third-order valence-corrected chi connectivity index (χ3v) is 4.34. The second-order valence-corrected chi connectivity index (χ2v) is 5.97. The van der Waals surface area contributed by atoms with Crippen LogP contribution >= 0.6 is 0 Å². The minimum absolute atomic E-state index is 0.000878. The monoisotopic (exact) mass is 295 g/mol. The highest BCUT2D eigenvalue weighted by Crippen LogP contribution is 2.25. The Kier molecular flexibility index (Phi) is 5.30. The molecule has 1 aromatic heterocycles. The van der Waals surface area contributed by atoms with Gasteiger partial charge in [0.15, 0.2) is 0 Å². The summed E-state index contributed by atoms with van der Waals surface area (Å²) in [7, 11) is 4.13. The first-order chi connectivity index (χ1) is 10.0. The van der Waals surface area contributed by atoms with Crippen molar-refractivity contribution in [2.75, 3.05) is 33.9 Å². The second kappa shape index (κ2) is 7.00. The molecule has 1 saturated heterocycles. The molecule has 7 nitrogen and oxygen atoms in total. The number of aromatic nitrogens is 3. The van der Waals surface area contributed by atoms with E-state index in [4.69, 9.17) is 4.74 Å². The summed E-state index contributed by atoms with van der Waals surface area (Å²) in [5.41, 5.74) is 0.000878. The Morgan fingerprint density at radius 2 is 2.19 bits per heavy atom. The van der Waals surface area contributed by atoms with Crippen molar-refractivity contribution in [2.24, 2.45) is 5.92 Å². The standard InChI is InChI=1S/C14H25N5O2/c1-12(8-19-11-15-10-17-19)13(20)16-9-14(18(2)3)4-6-21-7-5-14/h10-12H,4-9H2,1-3H3,(H,16,20)/t12-/m0/s1. The molecule has 1 aliphatic rings. The maximum absolute atomic E-state index is 12.3. The summed E-state index contributed by atoms with van der Waals surface area (Å²) in [5.74, 6) is -0.0797. The van der Waals surface area contributed by atoms with Gasteiger partial charge in [0.1, 0.15) is 12.7 Å². The number of nitrogens with zero attached hydrogens (tertiary/aromatic N) is 4. The number of nitrogens with one attached hydrogen (secondary N) is 1. The number of ether oxygens (including phenoxy) is 1. The van der Waals surface area contributed by atoms with Crippen molar-refractivity contribution in [1.82, 2.24) is 25.0 Å². The molecule has 0 saturated carbocycles. The lowest BCUT2D eigenvalue weighted by molar-refractivity contribution is -0.126. The fourth-order valence-corrected chi connectivity index (χ4v) is 2.65. The summed E-state index contributed by atoms with van der Waals surface area (Å²) < 4.78 is 7.12. The molecule has 7 heteroatoms. The molecule has 1 amide bonds. The van der Waals surface area contributed by atoms with E-state index in [2.05, 4.69) is 34.4 Å². The maximum Gasteiger partial charge on any atom is 0.224 e. The van der Waals surface area contributed by atoms with Gasteiger partial charge in [-0.3, -0.25) is 9.48 Å². The van der Waals surface area contributed by atoms with Crippen molar-refractivity contribution in [1.29, 1.82) is 0 Å². The van der Waals surface area contributed by atoms with Crippen LogP contribution in [0.2, 0.25) is 0 Å². The molecule has 0 aliphatic carbocycles. The van der Waals surface area contributed by atoms with Crippen molar-refractivity contribution < 1.29 is 9.53 Å². The van der Waals surface area contributed by atoms with Crippen LogP contribution in [-0.2, 0) is 16.1 Å². The topological polar surface area (TPSA) is 72.3 Å². The van der Waals surface area contributed by atoms with Crippen molar-refractivity contribution in [2.45, 2.75) is 31.8 Å². The molecule has 0 radical (unpaired) electrons. The van der Waals surface area contributed by atoms with E-state index in [0.29, 0.717) is 13.1 Å². The van der Waals surface area contributed by atoms with Crippen LogP contribution < -0.4 is 5.32 Å². The van der Waals surface area contributed by atoms with Gasteiger partial charge in [-0.1, -0.05) is 6.92 Å². The molecule has 0 aromatic carbocycles. The van der Waals surface area contributed by atoms with Gasteiger partial charge < -0.3 is 15.0 Å². The van der Waals surface area contributed by atoms with Gasteiger partial charge in [0, 0.05) is 25.3 Å². The van der Waals surface area contributed by atoms with Gasteiger partial charge in [-0.05, 0) is 26.9 Å². The Bertz CT molecular complexity index is 440. The average molecular weight is 295 g/mol. The molecular formula is C14H25N5O2. The molecular weight excluding hydrogens is 270 g/mol. The summed E-state index contributed by atoms with van der Waals surface area (Å²) in [6, 6.07) is 0. The third-order valence-electron chi connectivity index (χ3n) is 4.34. The summed E-state index contributed by atoms with van der Waals surface area (Å²) in [4.78, 5) is 18.3. The molecule has 2 heterocycles. The molecule has 1 fully saturated rings. The number of carbonyl (C=O) groups excluding carboxylic acids is 1. The minimum Gasteiger partial charge on any atom is -0.381 e. The number of rotatable bonds is 6. The molecule has 118 valence electrons. The maximum atomic E-state index is 12.3. The molecule has 21 heavy (non-hydrogen) atoms. The lowest BCUT2D eigenvalue weighted by Crippen LogP contribution is -2.56. The summed E-state index contributed by atoms with van der Waals surface area (Å²) in [5, 5.41) is 7.12. The highest BCUT2D eigenvalue weighted by atomic mass is 16.5. The SMILES string of the molecule is C[C@@H](Cn1cncn1)C(=O)NCC1(N(C)C)CCOCC1. The zero-order valence-electron chi connectivity index (χ0n) is 13.1. The van der Waals surface area contributed by atoms with E-state index in [9.17, 15) is 4.79 Å². The summed E-state index contributed by atoms with van der Waals surface area (Å²) in [6.45, 7) is 4.61. The van der Waals surface area contributed by atoms with Gasteiger partial charge in [-0.2, -0.15) is 5.10 Å². The molecule has 1 atom stereocenters. The Labute approximate surface area is 125 Å². The zero-order valence-corrected chi connectivity index (χ0v) is 13.1. The highest BCUT2D eigenvalue weighted by Gasteiger charge is 2.35. The van der Waals surface area contributed by atoms with Crippen molar-refractivity contribution in [3.05, 3.63) is 12.7 Å². The van der Waals surface area contributed by atoms with Crippen LogP contribution in [0.5, 0.6) is 0 Å². The van der Waals surface area contributed by atoms with Gasteiger partial charge in [-0.25, -0.2) is 4.98 Å². The molecule has 0 spiro atoms. The number of amides is 1. The van der Waals surface area contributed by atoms with Crippen molar-refractivity contribution in [3.8, 4) is 0 Å². The van der Waals surface area contributed by atoms with E-state index in [1.807, 2.05) is 6.92 Å². The largest absolute Gasteiger partial charge is 0.381 e. The van der Waals surface area contributed by atoms with Gasteiger partial charge in [0.05, 0.1) is 12.5 Å². The van der Waals surface area contributed by atoms with Crippen molar-refractivity contribution >= 4 is 5.91 Å². The first-order valence-electron chi connectivity index (χ1n) is 7.39. The zero-order chi connectivity index (χ0) is 15.3. The van der Waals surface area contributed by atoms with E-state index in [-0.39, 0.29) is 17.4 Å². The van der Waals surface area contributed by atoms with Crippen LogP contribution in [0.15, 0.2) is 12.7 Å². The fraction of sp³-hybridized carbons (Fsp3) is 0.786. The average Bonchev–Trinajstić information content (AvgIpc) is 2.98. The second-order valence-electron chi connectivity index (χ2n) is 5.97. The first-order valence-corrected chi connectivity index (χ1v) is 7.39. The molecule has 1 N–H and O–H groups in total. The smallest absolute Gasteiger partial charge is 0.224 e. The Hall–Kier alpha value is -1.47. The van der Waals surface area contributed by atoms with Gasteiger partial charge >= 0.3 is 0 Å². The Balaban J connectivity index is 1.86. The summed E-state index contributed by atoms with van der Waals surface area (Å²) >= 11 is 0. The first kappa shape index (κ1) is 15.9. The molecule has 2 rings (SSSR count). The quantitative estimate of drug-likeness (QED) is 0.808. The van der Waals surface area contributed by atoms with Crippen LogP contribution in [0, 0.1) is 5.92 Å². The predicted molar refractivity (Wildman–Crippen MR) is 78.7 cm³/mol. The summed E-state index contributed by atoms with van der Waals surface area (Å²) in [6.07, 6.45) is 4.99. The van der Waals surface area contributed by atoms with Gasteiger partial charge in [-0.15, -0.1) is 0 Å². The van der Waals surface area contributed by atoms with E-state index in [1.165, 1.54) is 6.33 Å². The van der Waals surface area contributed by atoms with Crippen molar-refractivity contribution in [3.63, 3.8) is 0 Å². The number of carbonyl (C=O) groups is 1. The highest BCUT2D eigenvalue weighted by molar-refractivity contribution is 5.78. The lowest BCUT2D eigenvalue weighted by atomic mass is 9.88. The molecule has 0 unspecified atom stereocenters. The minimum atomic E-state index is -0.134. The van der Waals surface area contributed by atoms with Crippen LogP contribution in [0.4, 0.5) is 0 Å². The predicted octanol–water partition coefficient (Wildman–Crippen LogP) is 0.141. The van der Waals surface area contributed by atoms with Crippen LogP contribution in [0.1, 0.15) is 19.8 Å². The number of likely N-dealkylation sites (N-methyl/N-ethyl adjacent to an activating group) is 1. The van der Waals surface area contributed by atoms with E-state index >= 15 is 0 Å². The fourth-order valence-electron chi connectivity index (χ4n) is 2.65.